The quantitative estimate of drug-likeness (QED) is 0.862. The molecule has 0 saturated heterocycles. The lowest BCUT2D eigenvalue weighted by Gasteiger charge is -2.16. The molecule has 1 amide bonds. The van der Waals surface area contributed by atoms with Crippen molar-refractivity contribution in [1.82, 2.24) is 5.32 Å². The molecule has 5 nitrogen and oxygen atoms in total. The van der Waals surface area contributed by atoms with Gasteiger partial charge in [-0.15, -0.1) is 0 Å². The summed E-state index contributed by atoms with van der Waals surface area (Å²) >= 11 is 0. The zero-order valence-corrected chi connectivity index (χ0v) is 13.3. The van der Waals surface area contributed by atoms with E-state index >= 15 is 0 Å². The first kappa shape index (κ1) is 16.5. The standard InChI is InChI=1S/C18H19NO4/c1-12(13-7-5-4-6-8-13)19-17(20)15-11-14(18(21)23-3)9-10-16(15)22-2/h4-12H,1-3H3,(H,19,20)/t12-/m1/s1. The van der Waals surface area contributed by atoms with Gasteiger partial charge in [-0.25, -0.2) is 4.79 Å². The SMILES string of the molecule is COC(=O)c1ccc(OC)c(C(=O)N[C@H](C)c2ccccc2)c1. The number of ether oxygens (including phenoxy) is 2. The Bertz CT molecular complexity index is 697. The summed E-state index contributed by atoms with van der Waals surface area (Å²) in [5.41, 5.74) is 1.58. The van der Waals surface area contributed by atoms with Crippen molar-refractivity contribution in [2.75, 3.05) is 14.2 Å². The maximum Gasteiger partial charge on any atom is 0.337 e. The Morgan fingerprint density at radius 2 is 1.74 bits per heavy atom. The van der Waals surface area contributed by atoms with Gasteiger partial charge in [0, 0.05) is 0 Å². The van der Waals surface area contributed by atoms with Crippen molar-refractivity contribution >= 4 is 11.9 Å². The highest BCUT2D eigenvalue weighted by Gasteiger charge is 2.18. The topological polar surface area (TPSA) is 64.6 Å². The molecule has 0 radical (unpaired) electrons. The predicted molar refractivity (Wildman–Crippen MR) is 86.7 cm³/mol. The highest BCUT2D eigenvalue weighted by atomic mass is 16.5. The van der Waals surface area contributed by atoms with Crippen molar-refractivity contribution in [1.29, 1.82) is 0 Å². The van der Waals surface area contributed by atoms with Crippen LogP contribution in [0.5, 0.6) is 5.75 Å². The average molecular weight is 313 g/mol. The van der Waals surface area contributed by atoms with Gasteiger partial charge in [0.1, 0.15) is 5.75 Å². The fourth-order valence-corrected chi connectivity index (χ4v) is 2.23. The van der Waals surface area contributed by atoms with E-state index in [0.717, 1.165) is 5.56 Å². The van der Waals surface area contributed by atoms with E-state index in [-0.39, 0.29) is 17.5 Å². The van der Waals surface area contributed by atoms with Crippen LogP contribution in [0.25, 0.3) is 0 Å². The van der Waals surface area contributed by atoms with E-state index in [1.807, 2.05) is 37.3 Å². The van der Waals surface area contributed by atoms with E-state index < -0.39 is 5.97 Å². The molecule has 23 heavy (non-hydrogen) atoms. The Labute approximate surface area is 135 Å². The zero-order chi connectivity index (χ0) is 16.8. The van der Waals surface area contributed by atoms with Crippen LogP contribution < -0.4 is 10.1 Å². The lowest BCUT2D eigenvalue weighted by molar-refractivity contribution is 0.0600. The minimum Gasteiger partial charge on any atom is -0.496 e. The van der Waals surface area contributed by atoms with E-state index in [1.54, 1.807) is 12.1 Å². The van der Waals surface area contributed by atoms with Crippen LogP contribution in [-0.2, 0) is 4.74 Å². The predicted octanol–water partition coefficient (Wildman–Crippen LogP) is 2.97. The first-order valence-electron chi connectivity index (χ1n) is 7.19. The molecule has 0 fully saturated rings. The number of benzene rings is 2. The van der Waals surface area contributed by atoms with Gasteiger partial charge >= 0.3 is 5.97 Å². The van der Waals surface area contributed by atoms with Crippen molar-refractivity contribution in [2.24, 2.45) is 0 Å². The van der Waals surface area contributed by atoms with Crippen LogP contribution in [-0.4, -0.2) is 26.1 Å². The normalized spacial score (nSPS) is 11.4. The number of amides is 1. The fourth-order valence-electron chi connectivity index (χ4n) is 2.23. The highest BCUT2D eigenvalue weighted by Crippen LogP contribution is 2.22. The van der Waals surface area contributed by atoms with Gasteiger partial charge in [0.15, 0.2) is 0 Å². The van der Waals surface area contributed by atoms with Gasteiger partial charge in [-0.2, -0.15) is 0 Å². The Kier molecular flexibility index (Phi) is 5.36. The first-order valence-corrected chi connectivity index (χ1v) is 7.19. The third kappa shape index (κ3) is 3.88. The van der Waals surface area contributed by atoms with Gasteiger partial charge < -0.3 is 14.8 Å². The maximum absolute atomic E-state index is 12.5. The van der Waals surface area contributed by atoms with Gasteiger partial charge in [-0.3, -0.25) is 4.79 Å². The molecule has 1 N–H and O–H groups in total. The number of nitrogens with one attached hydrogen (secondary N) is 1. The number of carbonyl (C=O) groups is 2. The van der Waals surface area contributed by atoms with E-state index in [1.165, 1.54) is 20.3 Å². The second-order valence-electron chi connectivity index (χ2n) is 5.01. The Hall–Kier alpha value is -2.82. The van der Waals surface area contributed by atoms with Gasteiger partial charge in [0.25, 0.3) is 5.91 Å². The minimum atomic E-state index is -0.502. The lowest BCUT2D eigenvalue weighted by atomic mass is 10.1. The molecular weight excluding hydrogens is 294 g/mol. The smallest absolute Gasteiger partial charge is 0.337 e. The highest BCUT2D eigenvalue weighted by molar-refractivity contribution is 6.00. The second-order valence-corrected chi connectivity index (χ2v) is 5.01. The van der Waals surface area contributed by atoms with Crippen molar-refractivity contribution in [2.45, 2.75) is 13.0 Å². The van der Waals surface area contributed by atoms with Crippen molar-refractivity contribution in [3.8, 4) is 5.75 Å². The zero-order valence-electron chi connectivity index (χ0n) is 13.3. The largest absolute Gasteiger partial charge is 0.496 e. The van der Waals surface area contributed by atoms with Crippen LogP contribution >= 0.6 is 0 Å². The van der Waals surface area contributed by atoms with Crippen molar-refractivity contribution < 1.29 is 19.1 Å². The van der Waals surface area contributed by atoms with Gasteiger partial charge in [-0.05, 0) is 30.7 Å². The van der Waals surface area contributed by atoms with Crippen molar-refractivity contribution in [3.63, 3.8) is 0 Å². The molecule has 2 aromatic rings. The van der Waals surface area contributed by atoms with Crippen LogP contribution in [0.3, 0.4) is 0 Å². The van der Waals surface area contributed by atoms with Crippen molar-refractivity contribution in [3.05, 3.63) is 65.2 Å². The number of hydrogen-bond donors (Lipinski definition) is 1. The van der Waals surface area contributed by atoms with Gasteiger partial charge in [0.2, 0.25) is 0 Å². The van der Waals surface area contributed by atoms with E-state index in [2.05, 4.69) is 10.1 Å². The number of rotatable bonds is 5. The summed E-state index contributed by atoms with van der Waals surface area (Å²) in [7, 11) is 2.77. The average Bonchev–Trinajstić information content (AvgIpc) is 2.61. The molecule has 2 rings (SSSR count). The monoisotopic (exact) mass is 313 g/mol. The molecule has 5 heteroatoms. The Morgan fingerprint density at radius 3 is 2.35 bits per heavy atom. The molecule has 1 atom stereocenters. The fraction of sp³-hybridized carbons (Fsp3) is 0.222. The molecular formula is C18H19NO4. The molecule has 120 valence electrons. The second kappa shape index (κ2) is 7.45. The summed E-state index contributed by atoms with van der Waals surface area (Å²) in [6.07, 6.45) is 0. The molecule has 0 aliphatic heterocycles. The summed E-state index contributed by atoms with van der Waals surface area (Å²) in [6, 6.07) is 14.1. The lowest BCUT2D eigenvalue weighted by Crippen LogP contribution is -2.27. The van der Waals surface area contributed by atoms with Crippen LogP contribution in [0.4, 0.5) is 0 Å². The van der Waals surface area contributed by atoms with Crippen LogP contribution in [0.2, 0.25) is 0 Å². The van der Waals surface area contributed by atoms with Gasteiger partial charge in [-0.1, -0.05) is 30.3 Å². The molecule has 2 aromatic carbocycles. The number of esters is 1. The summed E-state index contributed by atoms with van der Waals surface area (Å²) in [5.74, 6) is -0.419. The maximum atomic E-state index is 12.5. The third-order valence-electron chi connectivity index (χ3n) is 3.51. The molecule has 0 unspecified atom stereocenters. The molecule has 0 bridgehead atoms. The van der Waals surface area contributed by atoms with E-state index in [0.29, 0.717) is 11.3 Å². The molecule has 0 aromatic heterocycles. The first-order chi connectivity index (χ1) is 11.1. The summed E-state index contributed by atoms with van der Waals surface area (Å²) in [5, 5.41) is 2.90. The Balaban J connectivity index is 2.25. The number of carbonyl (C=O) groups excluding carboxylic acids is 2. The molecule has 0 spiro atoms. The molecule has 0 saturated carbocycles. The van der Waals surface area contributed by atoms with Gasteiger partial charge in [0.05, 0.1) is 31.4 Å². The summed E-state index contributed by atoms with van der Waals surface area (Å²) in [6.45, 7) is 1.89. The van der Waals surface area contributed by atoms with Crippen LogP contribution in [0.1, 0.15) is 39.2 Å². The van der Waals surface area contributed by atoms with Crippen LogP contribution in [0, 0.1) is 0 Å². The molecule has 0 heterocycles. The summed E-state index contributed by atoms with van der Waals surface area (Å²) in [4.78, 5) is 24.2. The molecule has 0 aliphatic rings. The van der Waals surface area contributed by atoms with E-state index in [4.69, 9.17) is 4.74 Å². The number of methoxy groups -OCH3 is 2. The number of hydrogen-bond acceptors (Lipinski definition) is 4. The summed E-state index contributed by atoms with van der Waals surface area (Å²) < 4.78 is 9.89. The third-order valence-corrected chi connectivity index (χ3v) is 3.51. The minimum absolute atomic E-state index is 0.171. The molecule has 0 aliphatic carbocycles. The Morgan fingerprint density at radius 1 is 1.04 bits per heavy atom. The van der Waals surface area contributed by atoms with Crippen LogP contribution in [0.15, 0.2) is 48.5 Å². The van der Waals surface area contributed by atoms with E-state index in [9.17, 15) is 9.59 Å².